The minimum Gasteiger partial charge on any atom is -0.465 e. The summed E-state index contributed by atoms with van der Waals surface area (Å²) in [4.78, 5) is 24.3. The van der Waals surface area contributed by atoms with Crippen LogP contribution in [-0.4, -0.2) is 45.3 Å². The monoisotopic (exact) mass is 617 g/mol. The Hall–Kier alpha value is -5.35. The van der Waals surface area contributed by atoms with Gasteiger partial charge in [0.1, 0.15) is 35.6 Å². The summed E-state index contributed by atoms with van der Waals surface area (Å²) in [6, 6.07) is 11.8. The highest BCUT2D eigenvalue weighted by molar-refractivity contribution is 5.93. The van der Waals surface area contributed by atoms with Crippen molar-refractivity contribution in [1.82, 2.24) is 19.5 Å². The summed E-state index contributed by atoms with van der Waals surface area (Å²) in [6.45, 7) is 0.645. The van der Waals surface area contributed by atoms with E-state index in [0.717, 1.165) is 30.8 Å². The molecule has 228 valence electrons. The van der Waals surface area contributed by atoms with Crippen molar-refractivity contribution in [2.24, 2.45) is 0 Å². The van der Waals surface area contributed by atoms with Crippen molar-refractivity contribution in [2.45, 2.75) is 32.1 Å². The molecule has 0 radical (unpaired) electrons. The lowest BCUT2D eigenvalue weighted by Crippen LogP contribution is -2.31. The number of imidazole rings is 1. The topological polar surface area (TPSA) is 112 Å². The molecule has 1 fully saturated rings. The van der Waals surface area contributed by atoms with Crippen LogP contribution in [0.1, 0.15) is 39.3 Å². The molecule has 9 nitrogen and oxygen atoms in total. The van der Waals surface area contributed by atoms with E-state index in [1.165, 1.54) is 19.2 Å². The van der Waals surface area contributed by atoms with Crippen LogP contribution in [-0.2, 0) is 29.0 Å². The third-order valence-corrected chi connectivity index (χ3v) is 7.43. The molecule has 3 heterocycles. The van der Waals surface area contributed by atoms with Gasteiger partial charge in [0.25, 0.3) is 0 Å². The van der Waals surface area contributed by atoms with Gasteiger partial charge < -0.3 is 18.8 Å². The van der Waals surface area contributed by atoms with Crippen molar-refractivity contribution in [3.05, 3.63) is 106 Å². The van der Waals surface area contributed by atoms with E-state index in [4.69, 9.17) is 19.5 Å². The van der Waals surface area contributed by atoms with Crippen LogP contribution in [0.25, 0.3) is 22.3 Å². The van der Waals surface area contributed by atoms with Gasteiger partial charge in [-0.3, -0.25) is 0 Å². The van der Waals surface area contributed by atoms with Gasteiger partial charge in [0, 0.05) is 24.2 Å². The van der Waals surface area contributed by atoms with Crippen LogP contribution >= 0.6 is 0 Å². The molecule has 2 aromatic heterocycles. The van der Waals surface area contributed by atoms with Crippen LogP contribution in [0.2, 0.25) is 0 Å². The average molecular weight is 618 g/mol. The number of aromatic nitrogens is 4. The first-order chi connectivity index (χ1) is 21.7. The van der Waals surface area contributed by atoms with Crippen LogP contribution in [0.15, 0.2) is 54.7 Å². The molecule has 3 aromatic carbocycles. The van der Waals surface area contributed by atoms with Crippen LogP contribution in [0.3, 0.4) is 0 Å². The van der Waals surface area contributed by atoms with Gasteiger partial charge in [-0.1, -0.05) is 6.07 Å². The summed E-state index contributed by atoms with van der Waals surface area (Å²) < 4.78 is 77.5. The van der Waals surface area contributed by atoms with Gasteiger partial charge in [-0.15, -0.1) is 0 Å². The lowest BCUT2D eigenvalue weighted by atomic mass is 10.0. The summed E-state index contributed by atoms with van der Waals surface area (Å²) >= 11 is 0. The maximum atomic E-state index is 15.5. The Morgan fingerprint density at radius 3 is 2.53 bits per heavy atom. The van der Waals surface area contributed by atoms with Gasteiger partial charge in [-0.2, -0.15) is 10.2 Å². The molecule has 0 unspecified atom stereocenters. The number of nitriles is 1. The summed E-state index contributed by atoms with van der Waals surface area (Å²) in [5.41, 5.74) is 0.612. The third-order valence-electron chi connectivity index (χ3n) is 7.43. The maximum absolute atomic E-state index is 15.5. The number of hydrogen-bond acceptors (Lipinski definition) is 8. The van der Waals surface area contributed by atoms with Crippen LogP contribution in [0, 0.1) is 34.6 Å². The Balaban J connectivity index is 1.28. The lowest BCUT2D eigenvalue weighted by molar-refractivity contribution is -0.0589. The fraction of sp³-hybridized carbons (Fsp3) is 0.219. The standard InChI is InChI=1S/C32H23F4N5O4/c1-43-31(42)18-4-5-27-28(10-18)41(15-21-6-7-44-21)29(39-27)11-20-9-25(35)22(12-24(20)34)30-26(36)14-38-32(40-30)45-16-19-3-2-17(13-37)8-23(19)33/h2-5,8-10,12,14,21H,6-7,11,15-16H2,1H3/t21-/m0/s1. The van der Waals surface area contributed by atoms with Gasteiger partial charge in [-0.05, 0) is 54.4 Å². The van der Waals surface area contributed by atoms with Gasteiger partial charge in [-0.25, -0.2) is 32.3 Å². The zero-order valence-electron chi connectivity index (χ0n) is 23.7. The van der Waals surface area contributed by atoms with E-state index < -0.39 is 46.5 Å². The third kappa shape index (κ3) is 6.05. The molecular formula is C32H23F4N5O4. The molecular weight excluding hydrogens is 594 g/mol. The highest BCUT2D eigenvalue weighted by Crippen LogP contribution is 2.30. The number of esters is 1. The number of nitrogens with zero attached hydrogens (tertiary/aromatic N) is 5. The molecule has 1 saturated heterocycles. The van der Waals surface area contributed by atoms with Crippen molar-refractivity contribution < 1.29 is 36.6 Å². The van der Waals surface area contributed by atoms with Crippen molar-refractivity contribution in [1.29, 1.82) is 5.26 Å². The number of halogens is 4. The summed E-state index contributed by atoms with van der Waals surface area (Å²) in [5.74, 6) is -3.63. The van der Waals surface area contributed by atoms with E-state index in [-0.39, 0.29) is 35.8 Å². The minimum atomic E-state index is -1.03. The Morgan fingerprint density at radius 1 is 1.02 bits per heavy atom. The molecule has 1 atom stereocenters. The number of carbonyl (C=O) groups excluding carboxylic acids is 1. The molecule has 1 aliphatic rings. The SMILES string of the molecule is COC(=O)c1ccc2nc(Cc3cc(F)c(-c4nc(OCc5ccc(C#N)cc5F)ncc4F)cc3F)n(C[C@@H]3CCO3)c2c1. The second-order valence-electron chi connectivity index (χ2n) is 10.3. The molecule has 1 aliphatic heterocycles. The number of ether oxygens (including phenoxy) is 3. The van der Waals surface area contributed by atoms with Gasteiger partial charge >= 0.3 is 12.0 Å². The highest BCUT2D eigenvalue weighted by Gasteiger charge is 2.24. The first-order valence-electron chi connectivity index (χ1n) is 13.7. The number of carbonyl (C=O) groups is 1. The Morgan fingerprint density at radius 2 is 1.82 bits per heavy atom. The molecule has 45 heavy (non-hydrogen) atoms. The molecule has 0 aliphatic carbocycles. The van der Waals surface area contributed by atoms with Crippen molar-refractivity contribution in [3.63, 3.8) is 0 Å². The van der Waals surface area contributed by atoms with Gasteiger partial charge in [0.15, 0.2) is 5.82 Å². The normalized spacial score (nSPS) is 14.2. The first-order valence-corrected chi connectivity index (χ1v) is 13.7. The number of methoxy groups -OCH3 is 1. The fourth-order valence-electron chi connectivity index (χ4n) is 4.95. The summed E-state index contributed by atoms with van der Waals surface area (Å²) in [7, 11) is 1.28. The lowest BCUT2D eigenvalue weighted by Gasteiger charge is -2.27. The number of fused-ring (bicyclic) bond motifs is 1. The quantitative estimate of drug-likeness (QED) is 0.154. The van der Waals surface area contributed by atoms with E-state index in [1.807, 2.05) is 6.07 Å². The molecule has 0 saturated carbocycles. The summed E-state index contributed by atoms with van der Waals surface area (Å²) in [5, 5.41) is 8.89. The number of benzene rings is 3. The minimum absolute atomic E-state index is 0.0437. The predicted octanol–water partition coefficient (Wildman–Crippen LogP) is 5.67. The Labute approximate surface area is 253 Å². The fourth-order valence-corrected chi connectivity index (χ4v) is 4.95. The largest absolute Gasteiger partial charge is 0.465 e. The predicted molar refractivity (Wildman–Crippen MR) is 151 cm³/mol. The van der Waals surface area contributed by atoms with E-state index in [1.54, 1.807) is 22.8 Å². The van der Waals surface area contributed by atoms with Crippen molar-refractivity contribution in [3.8, 4) is 23.3 Å². The zero-order chi connectivity index (χ0) is 31.7. The number of hydrogen-bond donors (Lipinski definition) is 0. The molecule has 0 N–H and O–H groups in total. The molecule has 13 heteroatoms. The number of rotatable bonds is 9. The second-order valence-corrected chi connectivity index (χ2v) is 10.3. The van der Waals surface area contributed by atoms with Gasteiger partial charge in [0.05, 0.1) is 54.2 Å². The van der Waals surface area contributed by atoms with Crippen molar-refractivity contribution in [2.75, 3.05) is 13.7 Å². The molecule has 0 spiro atoms. The van der Waals surface area contributed by atoms with E-state index in [0.29, 0.717) is 35.6 Å². The Bertz CT molecular complexity index is 1990. The Kier molecular flexibility index (Phi) is 8.14. The zero-order valence-corrected chi connectivity index (χ0v) is 23.7. The molecule has 0 amide bonds. The summed E-state index contributed by atoms with van der Waals surface area (Å²) in [6.07, 6.45) is 1.34. The molecule has 6 rings (SSSR count). The van der Waals surface area contributed by atoms with E-state index >= 15 is 8.78 Å². The molecule has 5 aromatic rings. The van der Waals surface area contributed by atoms with Crippen LogP contribution in [0.4, 0.5) is 17.6 Å². The molecule has 0 bridgehead atoms. The smallest absolute Gasteiger partial charge is 0.337 e. The maximum Gasteiger partial charge on any atom is 0.337 e. The highest BCUT2D eigenvalue weighted by atomic mass is 19.1. The van der Waals surface area contributed by atoms with Crippen molar-refractivity contribution >= 4 is 17.0 Å². The van der Waals surface area contributed by atoms with E-state index in [9.17, 15) is 13.6 Å². The first kappa shape index (κ1) is 29.7. The van der Waals surface area contributed by atoms with Crippen LogP contribution in [0.5, 0.6) is 6.01 Å². The average Bonchev–Trinajstić information content (AvgIpc) is 3.36. The second kappa shape index (κ2) is 12.3. The van der Waals surface area contributed by atoms with E-state index in [2.05, 4.69) is 15.0 Å². The van der Waals surface area contributed by atoms with Gasteiger partial charge in [0.2, 0.25) is 0 Å². The van der Waals surface area contributed by atoms with Crippen LogP contribution < -0.4 is 4.74 Å².